The lowest BCUT2D eigenvalue weighted by Gasteiger charge is -2.18. The standard InChI is InChI=1S/C27H24N4O5/c1-3-28-27(35)30-24(32)23(18-9-5-4-6-10-18)36-26(34)19-13-15-20(16-14-19)31-17(2)29-22-12-8-7-11-21(22)25(31)33/h4-16,23H,3H2,1-2H3,(H2,28,30,32,35). The van der Waals surface area contributed by atoms with E-state index in [0.717, 1.165) is 0 Å². The predicted molar refractivity (Wildman–Crippen MR) is 134 cm³/mol. The minimum Gasteiger partial charge on any atom is -0.444 e. The van der Waals surface area contributed by atoms with Crippen molar-refractivity contribution in [3.05, 3.63) is 106 Å². The molecule has 2 N–H and O–H groups in total. The van der Waals surface area contributed by atoms with Crippen LogP contribution in [-0.4, -0.2) is 34.0 Å². The van der Waals surface area contributed by atoms with Gasteiger partial charge >= 0.3 is 12.0 Å². The number of imide groups is 1. The van der Waals surface area contributed by atoms with E-state index in [-0.39, 0.29) is 11.1 Å². The Kier molecular flexibility index (Phi) is 7.20. The molecule has 1 unspecified atom stereocenters. The number of aromatic nitrogens is 2. The van der Waals surface area contributed by atoms with Gasteiger partial charge in [-0.25, -0.2) is 14.6 Å². The van der Waals surface area contributed by atoms with Crippen LogP contribution in [-0.2, 0) is 9.53 Å². The Balaban J connectivity index is 1.59. The molecule has 4 aromatic rings. The molecule has 3 amide bonds. The van der Waals surface area contributed by atoms with Crippen molar-refractivity contribution in [2.24, 2.45) is 0 Å². The number of para-hydroxylation sites is 1. The van der Waals surface area contributed by atoms with Crippen molar-refractivity contribution < 1.29 is 19.1 Å². The lowest BCUT2D eigenvalue weighted by atomic mass is 10.1. The molecule has 0 saturated carbocycles. The van der Waals surface area contributed by atoms with Gasteiger partial charge in [0, 0.05) is 12.1 Å². The molecular formula is C27H24N4O5. The largest absolute Gasteiger partial charge is 0.444 e. The number of urea groups is 1. The molecule has 0 spiro atoms. The molecule has 1 atom stereocenters. The fourth-order valence-corrected chi connectivity index (χ4v) is 3.75. The van der Waals surface area contributed by atoms with Crippen LogP contribution in [0, 0.1) is 6.92 Å². The molecule has 0 fully saturated rings. The van der Waals surface area contributed by atoms with Crippen LogP contribution >= 0.6 is 0 Å². The quantitative estimate of drug-likeness (QED) is 0.405. The molecule has 0 aliphatic rings. The molecule has 4 rings (SSSR count). The molecule has 0 bridgehead atoms. The smallest absolute Gasteiger partial charge is 0.339 e. The summed E-state index contributed by atoms with van der Waals surface area (Å²) in [5, 5.41) is 5.13. The van der Waals surface area contributed by atoms with Crippen molar-refractivity contribution in [3.8, 4) is 5.69 Å². The maximum absolute atomic E-state index is 13.0. The second-order valence-corrected chi connectivity index (χ2v) is 7.91. The first-order valence-corrected chi connectivity index (χ1v) is 11.3. The molecule has 0 radical (unpaired) electrons. The minimum atomic E-state index is -1.34. The first-order valence-electron chi connectivity index (χ1n) is 11.3. The summed E-state index contributed by atoms with van der Waals surface area (Å²) in [6.07, 6.45) is -1.34. The average molecular weight is 485 g/mol. The van der Waals surface area contributed by atoms with Crippen LogP contribution in [0.4, 0.5) is 4.79 Å². The van der Waals surface area contributed by atoms with Crippen molar-refractivity contribution in [1.29, 1.82) is 0 Å². The van der Waals surface area contributed by atoms with Gasteiger partial charge in [-0.05, 0) is 50.2 Å². The van der Waals surface area contributed by atoms with Crippen molar-refractivity contribution >= 4 is 28.8 Å². The van der Waals surface area contributed by atoms with E-state index in [1.165, 1.54) is 16.7 Å². The lowest BCUT2D eigenvalue weighted by molar-refractivity contribution is -0.129. The van der Waals surface area contributed by atoms with E-state index in [1.54, 1.807) is 74.5 Å². The second kappa shape index (κ2) is 10.6. The summed E-state index contributed by atoms with van der Waals surface area (Å²) in [6.45, 7) is 3.77. The number of esters is 1. The number of hydrogen-bond acceptors (Lipinski definition) is 6. The van der Waals surface area contributed by atoms with Crippen molar-refractivity contribution in [1.82, 2.24) is 20.2 Å². The number of ether oxygens (including phenoxy) is 1. The van der Waals surface area contributed by atoms with Crippen LogP contribution in [0.15, 0.2) is 83.7 Å². The molecule has 9 heteroatoms. The number of hydrogen-bond donors (Lipinski definition) is 2. The maximum atomic E-state index is 13.0. The topological polar surface area (TPSA) is 119 Å². The van der Waals surface area contributed by atoms with Crippen LogP contribution in [0.25, 0.3) is 16.6 Å². The lowest BCUT2D eigenvalue weighted by Crippen LogP contribution is -2.42. The van der Waals surface area contributed by atoms with Crippen LogP contribution < -0.4 is 16.2 Å². The fourth-order valence-electron chi connectivity index (χ4n) is 3.75. The van der Waals surface area contributed by atoms with Gasteiger partial charge in [0.05, 0.1) is 22.2 Å². The van der Waals surface area contributed by atoms with Crippen molar-refractivity contribution in [2.75, 3.05) is 6.54 Å². The molecule has 9 nitrogen and oxygen atoms in total. The Morgan fingerprint density at radius 2 is 1.61 bits per heavy atom. The van der Waals surface area contributed by atoms with Crippen LogP contribution in [0.5, 0.6) is 0 Å². The van der Waals surface area contributed by atoms with E-state index in [0.29, 0.717) is 34.5 Å². The van der Waals surface area contributed by atoms with E-state index in [4.69, 9.17) is 4.74 Å². The molecule has 182 valence electrons. The number of carbonyl (C=O) groups excluding carboxylic acids is 3. The van der Waals surface area contributed by atoms with Gasteiger partial charge in [-0.15, -0.1) is 0 Å². The molecule has 0 saturated heterocycles. The first-order chi connectivity index (χ1) is 17.4. The zero-order valence-electron chi connectivity index (χ0n) is 19.7. The summed E-state index contributed by atoms with van der Waals surface area (Å²) in [5.41, 5.74) is 1.49. The van der Waals surface area contributed by atoms with Gasteiger partial charge in [-0.1, -0.05) is 42.5 Å². The van der Waals surface area contributed by atoms with E-state index >= 15 is 0 Å². The summed E-state index contributed by atoms with van der Waals surface area (Å²) < 4.78 is 6.96. The average Bonchev–Trinajstić information content (AvgIpc) is 2.88. The highest BCUT2D eigenvalue weighted by Gasteiger charge is 2.27. The third-order valence-corrected chi connectivity index (χ3v) is 5.44. The van der Waals surface area contributed by atoms with Crippen LogP contribution in [0.2, 0.25) is 0 Å². The van der Waals surface area contributed by atoms with Crippen molar-refractivity contribution in [2.45, 2.75) is 20.0 Å². The third kappa shape index (κ3) is 5.15. The minimum absolute atomic E-state index is 0.171. The van der Waals surface area contributed by atoms with Crippen LogP contribution in [0.1, 0.15) is 34.8 Å². The van der Waals surface area contributed by atoms with Gasteiger partial charge in [-0.3, -0.25) is 19.5 Å². The Labute approximate surface area is 206 Å². The fraction of sp³-hybridized carbons (Fsp3) is 0.148. The monoisotopic (exact) mass is 484 g/mol. The zero-order chi connectivity index (χ0) is 25.7. The highest BCUT2D eigenvalue weighted by molar-refractivity contribution is 5.99. The molecule has 1 aromatic heterocycles. The highest BCUT2D eigenvalue weighted by Crippen LogP contribution is 2.21. The Morgan fingerprint density at radius 1 is 0.944 bits per heavy atom. The van der Waals surface area contributed by atoms with Gasteiger partial charge in [0.25, 0.3) is 11.5 Å². The number of carbonyl (C=O) groups is 3. The zero-order valence-corrected chi connectivity index (χ0v) is 19.7. The third-order valence-electron chi connectivity index (χ3n) is 5.44. The number of aryl methyl sites for hydroxylation is 1. The van der Waals surface area contributed by atoms with Gasteiger partial charge in [0.15, 0.2) is 0 Å². The van der Waals surface area contributed by atoms with Gasteiger partial charge in [0.2, 0.25) is 6.10 Å². The summed E-state index contributed by atoms with van der Waals surface area (Å²) in [6, 6.07) is 21.0. The van der Waals surface area contributed by atoms with E-state index in [2.05, 4.69) is 15.6 Å². The van der Waals surface area contributed by atoms with Gasteiger partial charge < -0.3 is 10.1 Å². The molecule has 36 heavy (non-hydrogen) atoms. The predicted octanol–water partition coefficient (Wildman–Crippen LogP) is 3.44. The van der Waals surface area contributed by atoms with E-state index < -0.39 is 24.0 Å². The Morgan fingerprint density at radius 3 is 2.31 bits per heavy atom. The molecule has 1 heterocycles. The number of nitrogens with one attached hydrogen (secondary N) is 2. The summed E-state index contributed by atoms with van der Waals surface area (Å²) in [5.74, 6) is -1.04. The summed E-state index contributed by atoms with van der Waals surface area (Å²) in [4.78, 5) is 55.0. The number of fused-ring (bicyclic) bond motifs is 1. The van der Waals surface area contributed by atoms with Crippen LogP contribution in [0.3, 0.4) is 0 Å². The second-order valence-electron chi connectivity index (χ2n) is 7.91. The summed E-state index contributed by atoms with van der Waals surface area (Å²) in [7, 11) is 0. The molecule has 0 aliphatic heterocycles. The van der Waals surface area contributed by atoms with Gasteiger partial charge in [-0.2, -0.15) is 0 Å². The molecular weight excluding hydrogens is 460 g/mol. The Bertz CT molecular complexity index is 1480. The maximum Gasteiger partial charge on any atom is 0.339 e. The Hall–Kier alpha value is -4.79. The SMILES string of the molecule is CCNC(=O)NC(=O)C(OC(=O)c1ccc(-n2c(C)nc3ccccc3c2=O)cc1)c1ccccc1. The van der Waals surface area contributed by atoms with E-state index in [9.17, 15) is 19.2 Å². The van der Waals surface area contributed by atoms with Crippen molar-refractivity contribution in [3.63, 3.8) is 0 Å². The number of nitrogens with zero attached hydrogens (tertiary/aromatic N) is 2. The molecule has 3 aromatic carbocycles. The van der Waals surface area contributed by atoms with Gasteiger partial charge in [0.1, 0.15) is 5.82 Å². The highest BCUT2D eigenvalue weighted by atomic mass is 16.5. The van der Waals surface area contributed by atoms with E-state index in [1.807, 2.05) is 6.07 Å². The number of amides is 3. The normalized spacial score (nSPS) is 11.5. The number of benzene rings is 3. The summed E-state index contributed by atoms with van der Waals surface area (Å²) >= 11 is 0. The molecule has 0 aliphatic carbocycles. The first kappa shape index (κ1) is 24.3. The number of rotatable bonds is 6.